The van der Waals surface area contributed by atoms with Crippen LogP contribution in [0.2, 0.25) is 0 Å². The lowest BCUT2D eigenvalue weighted by atomic mass is 9.89. The first-order valence-electron chi connectivity index (χ1n) is 7.76. The topological polar surface area (TPSA) is 46.2 Å². The molecule has 0 amide bonds. The molecule has 0 radical (unpaired) electrons. The number of hydrogen-bond donors (Lipinski definition) is 1. The summed E-state index contributed by atoms with van der Waals surface area (Å²) in [5.41, 5.74) is 2.47. The average Bonchev–Trinajstić information content (AvgIpc) is 2.55. The molecular weight excluding hydrogens is 313 g/mol. The molecule has 1 aliphatic rings. The van der Waals surface area contributed by atoms with Crippen LogP contribution in [-0.2, 0) is 9.84 Å². The molecule has 0 atom stereocenters. The second-order valence-electron chi connectivity index (χ2n) is 6.06. The highest BCUT2D eigenvalue weighted by molar-refractivity contribution is 7.90. The van der Waals surface area contributed by atoms with E-state index in [-0.39, 0.29) is 4.90 Å². The van der Waals surface area contributed by atoms with Crippen LogP contribution in [-0.4, -0.2) is 27.8 Å². The third-order valence-corrected chi connectivity index (χ3v) is 5.51. The maximum absolute atomic E-state index is 14.2. The Morgan fingerprint density at radius 3 is 2.26 bits per heavy atom. The van der Waals surface area contributed by atoms with Gasteiger partial charge in [0.15, 0.2) is 9.84 Å². The van der Waals surface area contributed by atoms with E-state index in [1.54, 1.807) is 0 Å². The molecule has 0 aromatic heterocycles. The Morgan fingerprint density at radius 2 is 1.70 bits per heavy atom. The van der Waals surface area contributed by atoms with Crippen molar-refractivity contribution in [1.82, 2.24) is 5.32 Å². The van der Waals surface area contributed by atoms with E-state index < -0.39 is 15.7 Å². The predicted molar refractivity (Wildman–Crippen MR) is 89.8 cm³/mol. The third kappa shape index (κ3) is 3.62. The largest absolute Gasteiger partial charge is 0.317 e. The Hall–Kier alpha value is -1.72. The van der Waals surface area contributed by atoms with Crippen LogP contribution in [0.15, 0.2) is 47.4 Å². The highest BCUT2D eigenvalue weighted by Gasteiger charge is 2.16. The molecule has 0 unspecified atom stereocenters. The van der Waals surface area contributed by atoms with Crippen molar-refractivity contribution in [3.05, 3.63) is 53.8 Å². The second kappa shape index (κ2) is 6.42. The van der Waals surface area contributed by atoms with Gasteiger partial charge in [-0.3, -0.25) is 0 Å². The van der Waals surface area contributed by atoms with Crippen LogP contribution in [0.3, 0.4) is 0 Å². The maximum atomic E-state index is 14.2. The number of benzene rings is 2. The SMILES string of the molecule is CS(=O)(=O)c1ccc(-c2ccc(C3CCNCC3)cc2)c(F)c1. The van der Waals surface area contributed by atoms with Gasteiger partial charge < -0.3 is 5.32 Å². The molecule has 3 rings (SSSR count). The van der Waals surface area contributed by atoms with Crippen molar-refractivity contribution in [2.45, 2.75) is 23.7 Å². The summed E-state index contributed by atoms with van der Waals surface area (Å²) < 4.78 is 37.2. The van der Waals surface area contributed by atoms with Gasteiger partial charge in [0.1, 0.15) is 5.82 Å². The minimum atomic E-state index is -3.39. The monoisotopic (exact) mass is 333 g/mol. The molecule has 1 fully saturated rings. The molecule has 0 aliphatic carbocycles. The summed E-state index contributed by atoms with van der Waals surface area (Å²) in [7, 11) is -3.39. The quantitative estimate of drug-likeness (QED) is 0.937. The van der Waals surface area contributed by atoms with Crippen molar-refractivity contribution >= 4 is 9.84 Å². The maximum Gasteiger partial charge on any atom is 0.175 e. The summed E-state index contributed by atoms with van der Waals surface area (Å²) in [6.45, 7) is 2.07. The van der Waals surface area contributed by atoms with Crippen molar-refractivity contribution in [2.24, 2.45) is 0 Å². The van der Waals surface area contributed by atoms with Crippen molar-refractivity contribution in [3.63, 3.8) is 0 Å². The highest BCUT2D eigenvalue weighted by atomic mass is 32.2. The fourth-order valence-electron chi connectivity index (χ4n) is 3.05. The van der Waals surface area contributed by atoms with Crippen LogP contribution in [0.25, 0.3) is 11.1 Å². The fraction of sp³-hybridized carbons (Fsp3) is 0.333. The van der Waals surface area contributed by atoms with E-state index >= 15 is 0 Å². The minimum Gasteiger partial charge on any atom is -0.317 e. The molecule has 0 saturated carbocycles. The van der Waals surface area contributed by atoms with E-state index in [4.69, 9.17) is 0 Å². The zero-order valence-corrected chi connectivity index (χ0v) is 13.9. The smallest absolute Gasteiger partial charge is 0.175 e. The van der Waals surface area contributed by atoms with Gasteiger partial charge in [-0.2, -0.15) is 0 Å². The summed E-state index contributed by atoms with van der Waals surface area (Å²) in [6.07, 6.45) is 3.32. The third-order valence-electron chi connectivity index (χ3n) is 4.40. The molecule has 5 heteroatoms. The van der Waals surface area contributed by atoms with Gasteiger partial charge in [-0.25, -0.2) is 12.8 Å². The van der Waals surface area contributed by atoms with Gasteiger partial charge in [-0.15, -0.1) is 0 Å². The van der Waals surface area contributed by atoms with E-state index in [1.165, 1.54) is 17.7 Å². The van der Waals surface area contributed by atoms with Gasteiger partial charge >= 0.3 is 0 Å². The van der Waals surface area contributed by atoms with Gasteiger partial charge in [-0.05, 0) is 55.1 Å². The fourth-order valence-corrected chi connectivity index (χ4v) is 3.68. The number of piperidine rings is 1. The number of rotatable bonds is 3. The van der Waals surface area contributed by atoms with Crippen LogP contribution >= 0.6 is 0 Å². The van der Waals surface area contributed by atoms with Crippen molar-refractivity contribution in [3.8, 4) is 11.1 Å². The molecule has 3 nitrogen and oxygen atoms in total. The van der Waals surface area contributed by atoms with Crippen LogP contribution in [0.5, 0.6) is 0 Å². The molecule has 1 N–H and O–H groups in total. The number of sulfone groups is 1. The van der Waals surface area contributed by atoms with Crippen LogP contribution in [0.4, 0.5) is 4.39 Å². The lowest BCUT2D eigenvalue weighted by Gasteiger charge is -2.23. The molecule has 1 saturated heterocycles. The Bertz CT molecular complexity index is 794. The molecule has 1 aliphatic heterocycles. The second-order valence-corrected chi connectivity index (χ2v) is 8.08. The van der Waals surface area contributed by atoms with Gasteiger partial charge in [-0.1, -0.05) is 30.3 Å². The first-order valence-corrected chi connectivity index (χ1v) is 9.65. The molecule has 122 valence electrons. The van der Waals surface area contributed by atoms with Gasteiger partial charge in [0, 0.05) is 11.8 Å². The number of nitrogens with one attached hydrogen (secondary N) is 1. The minimum absolute atomic E-state index is 0.00470. The Balaban J connectivity index is 1.87. The Kier molecular flexibility index (Phi) is 4.50. The highest BCUT2D eigenvalue weighted by Crippen LogP contribution is 2.29. The predicted octanol–water partition coefficient (Wildman–Crippen LogP) is 3.36. The van der Waals surface area contributed by atoms with E-state index in [1.807, 2.05) is 12.1 Å². The van der Waals surface area contributed by atoms with E-state index in [0.29, 0.717) is 11.5 Å². The summed E-state index contributed by atoms with van der Waals surface area (Å²) in [6, 6.07) is 12.0. The zero-order chi connectivity index (χ0) is 16.4. The molecule has 1 heterocycles. The lowest BCUT2D eigenvalue weighted by molar-refractivity contribution is 0.460. The lowest BCUT2D eigenvalue weighted by Crippen LogP contribution is -2.26. The van der Waals surface area contributed by atoms with Gasteiger partial charge in [0.05, 0.1) is 4.90 Å². The first kappa shape index (κ1) is 16.1. The molecule has 23 heavy (non-hydrogen) atoms. The molecule has 2 aromatic rings. The van der Waals surface area contributed by atoms with Crippen molar-refractivity contribution in [1.29, 1.82) is 0 Å². The number of hydrogen-bond acceptors (Lipinski definition) is 3. The average molecular weight is 333 g/mol. The van der Waals surface area contributed by atoms with Crippen LogP contribution < -0.4 is 5.32 Å². The zero-order valence-electron chi connectivity index (χ0n) is 13.0. The molecule has 0 bridgehead atoms. The molecular formula is C18H20FNO2S. The summed E-state index contributed by atoms with van der Waals surface area (Å²) in [5, 5.41) is 3.35. The van der Waals surface area contributed by atoms with E-state index in [9.17, 15) is 12.8 Å². The molecule has 2 aromatic carbocycles. The molecule has 0 spiro atoms. The van der Waals surface area contributed by atoms with Crippen LogP contribution in [0, 0.1) is 5.82 Å². The Morgan fingerprint density at radius 1 is 1.04 bits per heavy atom. The number of halogens is 1. The van der Waals surface area contributed by atoms with Crippen molar-refractivity contribution < 1.29 is 12.8 Å². The van der Waals surface area contributed by atoms with Crippen molar-refractivity contribution in [2.75, 3.05) is 19.3 Å². The van der Waals surface area contributed by atoms with E-state index in [2.05, 4.69) is 17.4 Å². The normalized spacial score (nSPS) is 16.4. The summed E-state index contributed by atoms with van der Waals surface area (Å²) in [4.78, 5) is 0.00470. The summed E-state index contributed by atoms with van der Waals surface area (Å²) >= 11 is 0. The van der Waals surface area contributed by atoms with Gasteiger partial charge in [0.2, 0.25) is 0 Å². The van der Waals surface area contributed by atoms with Crippen LogP contribution in [0.1, 0.15) is 24.3 Å². The first-order chi connectivity index (χ1) is 10.9. The van der Waals surface area contributed by atoms with E-state index in [0.717, 1.165) is 43.8 Å². The standard InChI is InChI=1S/C18H20FNO2S/c1-23(21,22)16-6-7-17(18(19)12-16)15-4-2-13(3-5-15)14-8-10-20-11-9-14/h2-7,12,14,20H,8-11H2,1H3. The summed E-state index contributed by atoms with van der Waals surface area (Å²) in [5.74, 6) is 0.0466. The Labute approximate surface area is 136 Å². The van der Waals surface area contributed by atoms with Gasteiger partial charge in [0.25, 0.3) is 0 Å².